The van der Waals surface area contributed by atoms with Gasteiger partial charge in [0.15, 0.2) is 0 Å². The molecule has 1 atom stereocenters. The van der Waals surface area contributed by atoms with Gasteiger partial charge in [0.25, 0.3) is 0 Å². The summed E-state index contributed by atoms with van der Waals surface area (Å²) in [7, 11) is 0. The quantitative estimate of drug-likeness (QED) is 0.780. The summed E-state index contributed by atoms with van der Waals surface area (Å²) in [4.78, 5) is 28.8. The van der Waals surface area contributed by atoms with Crippen molar-refractivity contribution in [2.75, 3.05) is 19.6 Å². The molecule has 1 fully saturated rings. The molecular weight excluding hydrogens is 352 g/mol. The first-order chi connectivity index (χ1) is 12.2. The third-order valence-corrected chi connectivity index (χ3v) is 4.61. The monoisotopic (exact) mass is 380 g/mol. The van der Waals surface area contributed by atoms with Crippen LogP contribution in [0.4, 0.5) is 4.79 Å². The SMILES string of the molecule is CCN(Cc1cccc(Cl)c1)C(=O)C1CCCN(C(=O)OC(C)(C)C)C1. The Morgan fingerprint density at radius 1 is 1.35 bits per heavy atom. The summed E-state index contributed by atoms with van der Waals surface area (Å²) in [5, 5.41) is 0.666. The van der Waals surface area contributed by atoms with E-state index in [2.05, 4.69) is 0 Å². The minimum Gasteiger partial charge on any atom is -0.444 e. The largest absolute Gasteiger partial charge is 0.444 e. The van der Waals surface area contributed by atoms with E-state index in [0.29, 0.717) is 31.2 Å². The van der Waals surface area contributed by atoms with Gasteiger partial charge in [-0.05, 0) is 58.2 Å². The van der Waals surface area contributed by atoms with E-state index in [9.17, 15) is 9.59 Å². The third-order valence-electron chi connectivity index (χ3n) is 4.38. The first-order valence-electron chi connectivity index (χ1n) is 9.20. The molecule has 0 aromatic heterocycles. The van der Waals surface area contributed by atoms with Crippen molar-refractivity contribution in [3.8, 4) is 0 Å². The molecule has 1 saturated heterocycles. The van der Waals surface area contributed by atoms with Crippen molar-refractivity contribution in [1.82, 2.24) is 9.80 Å². The van der Waals surface area contributed by atoms with Crippen molar-refractivity contribution in [3.05, 3.63) is 34.9 Å². The topological polar surface area (TPSA) is 49.9 Å². The average Bonchev–Trinajstić information content (AvgIpc) is 2.58. The van der Waals surface area contributed by atoms with E-state index in [1.54, 1.807) is 4.90 Å². The Labute approximate surface area is 161 Å². The van der Waals surface area contributed by atoms with Gasteiger partial charge in [0.2, 0.25) is 5.91 Å². The molecule has 0 N–H and O–H groups in total. The normalized spacial score (nSPS) is 17.7. The molecule has 0 radical (unpaired) electrons. The lowest BCUT2D eigenvalue weighted by molar-refractivity contribution is -0.137. The molecular formula is C20H29ClN2O3. The fraction of sp³-hybridized carbons (Fsp3) is 0.600. The van der Waals surface area contributed by atoms with Crippen LogP contribution in [0.1, 0.15) is 46.1 Å². The van der Waals surface area contributed by atoms with E-state index in [0.717, 1.165) is 18.4 Å². The zero-order valence-electron chi connectivity index (χ0n) is 16.1. The Morgan fingerprint density at radius 2 is 2.08 bits per heavy atom. The minimum atomic E-state index is -0.532. The van der Waals surface area contributed by atoms with Gasteiger partial charge in [-0.25, -0.2) is 4.79 Å². The van der Waals surface area contributed by atoms with Crippen LogP contribution in [0, 0.1) is 5.92 Å². The highest BCUT2D eigenvalue weighted by Gasteiger charge is 2.32. The van der Waals surface area contributed by atoms with Crippen LogP contribution in [0.3, 0.4) is 0 Å². The molecule has 1 unspecified atom stereocenters. The molecule has 2 rings (SSSR count). The van der Waals surface area contributed by atoms with Gasteiger partial charge in [-0.2, -0.15) is 0 Å². The van der Waals surface area contributed by atoms with Crippen molar-refractivity contribution in [1.29, 1.82) is 0 Å². The smallest absolute Gasteiger partial charge is 0.410 e. The number of carbonyl (C=O) groups is 2. The van der Waals surface area contributed by atoms with E-state index >= 15 is 0 Å². The van der Waals surface area contributed by atoms with Gasteiger partial charge in [-0.1, -0.05) is 23.7 Å². The van der Waals surface area contributed by atoms with Crippen LogP contribution >= 0.6 is 11.6 Å². The molecule has 2 amide bonds. The summed E-state index contributed by atoms with van der Waals surface area (Å²) in [6.07, 6.45) is 1.27. The van der Waals surface area contributed by atoms with Crippen molar-refractivity contribution < 1.29 is 14.3 Å². The number of nitrogens with zero attached hydrogens (tertiary/aromatic N) is 2. The standard InChI is InChI=1S/C20H29ClN2O3/c1-5-22(13-15-8-6-10-17(21)12-15)18(24)16-9-7-11-23(14-16)19(25)26-20(2,3)4/h6,8,10,12,16H,5,7,9,11,13-14H2,1-4H3. The maximum atomic E-state index is 13.0. The summed E-state index contributed by atoms with van der Waals surface area (Å²) >= 11 is 6.04. The lowest BCUT2D eigenvalue weighted by Crippen LogP contribution is -2.47. The van der Waals surface area contributed by atoms with Crippen LogP contribution in [0.25, 0.3) is 0 Å². The fourth-order valence-electron chi connectivity index (χ4n) is 3.13. The highest BCUT2D eigenvalue weighted by molar-refractivity contribution is 6.30. The minimum absolute atomic E-state index is 0.0840. The highest BCUT2D eigenvalue weighted by atomic mass is 35.5. The molecule has 1 aromatic rings. The second kappa shape index (κ2) is 8.76. The number of hydrogen-bond donors (Lipinski definition) is 0. The van der Waals surface area contributed by atoms with Crippen LogP contribution in [0.5, 0.6) is 0 Å². The van der Waals surface area contributed by atoms with E-state index in [1.165, 1.54) is 0 Å². The van der Waals surface area contributed by atoms with Crippen molar-refractivity contribution in [3.63, 3.8) is 0 Å². The average molecular weight is 381 g/mol. The molecule has 1 aliphatic rings. The van der Waals surface area contributed by atoms with Crippen LogP contribution in [-0.4, -0.2) is 47.0 Å². The maximum absolute atomic E-state index is 13.0. The predicted molar refractivity (Wildman–Crippen MR) is 103 cm³/mol. The Hall–Kier alpha value is -1.75. The Kier molecular flexibility index (Phi) is 6.93. The second-order valence-corrected chi connectivity index (χ2v) is 8.18. The van der Waals surface area contributed by atoms with Crippen molar-refractivity contribution >= 4 is 23.6 Å². The number of hydrogen-bond acceptors (Lipinski definition) is 3. The molecule has 6 heteroatoms. The number of ether oxygens (including phenoxy) is 1. The molecule has 1 aromatic carbocycles. The summed E-state index contributed by atoms with van der Waals surface area (Å²) in [6, 6.07) is 7.56. The number of halogens is 1. The molecule has 1 heterocycles. The number of likely N-dealkylation sites (tertiary alicyclic amines) is 1. The van der Waals surface area contributed by atoms with Gasteiger partial charge < -0.3 is 14.5 Å². The zero-order valence-corrected chi connectivity index (χ0v) is 16.9. The van der Waals surface area contributed by atoms with Crippen LogP contribution in [-0.2, 0) is 16.1 Å². The van der Waals surface area contributed by atoms with Gasteiger partial charge >= 0.3 is 6.09 Å². The summed E-state index contributed by atoms with van der Waals surface area (Å²) in [5.74, 6) is -0.101. The Morgan fingerprint density at radius 3 is 2.69 bits per heavy atom. The van der Waals surface area contributed by atoms with E-state index in [4.69, 9.17) is 16.3 Å². The predicted octanol–water partition coefficient (Wildman–Crippen LogP) is 4.34. The Bertz CT molecular complexity index is 642. The van der Waals surface area contributed by atoms with E-state index in [1.807, 2.05) is 56.9 Å². The summed E-state index contributed by atoms with van der Waals surface area (Å²) in [5.41, 5.74) is 0.475. The number of benzene rings is 1. The molecule has 0 bridgehead atoms. The van der Waals surface area contributed by atoms with Gasteiger partial charge in [-0.3, -0.25) is 4.79 Å². The van der Waals surface area contributed by atoms with Gasteiger partial charge in [0.1, 0.15) is 5.60 Å². The van der Waals surface area contributed by atoms with E-state index in [-0.39, 0.29) is 17.9 Å². The van der Waals surface area contributed by atoms with Crippen LogP contribution in [0.15, 0.2) is 24.3 Å². The second-order valence-electron chi connectivity index (χ2n) is 7.75. The lowest BCUT2D eigenvalue weighted by atomic mass is 9.96. The van der Waals surface area contributed by atoms with Gasteiger partial charge in [-0.15, -0.1) is 0 Å². The summed E-state index contributed by atoms with van der Waals surface area (Å²) in [6.45, 7) is 9.72. The fourth-order valence-corrected chi connectivity index (χ4v) is 3.34. The van der Waals surface area contributed by atoms with Gasteiger partial charge in [0.05, 0.1) is 5.92 Å². The van der Waals surface area contributed by atoms with Crippen LogP contribution in [0.2, 0.25) is 5.02 Å². The molecule has 26 heavy (non-hydrogen) atoms. The van der Waals surface area contributed by atoms with Crippen molar-refractivity contribution in [2.24, 2.45) is 5.92 Å². The number of carbonyl (C=O) groups excluding carboxylic acids is 2. The number of amides is 2. The molecule has 0 aliphatic carbocycles. The molecule has 5 nitrogen and oxygen atoms in total. The van der Waals surface area contributed by atoms with Gasteiger partial charge in [0, 0.05) is 31.2 Å². The third kappa shape index (κ3) is 5.90. The Balaban J connectivity index is 2.01. The molecule has 144 valence electrons. The first-order valence-corrected chi connectivity index (χ1v) is 9.58. The summed E-state index contributed by atoms with van der Waals surface area (Å²) < 4.78 is 5.45. The number of piperidine rings is 1. The zero-order chi connectivity index (χ0) is 19.3. The van der Waals surface area contributed by atoms with Crippen molar-refractivity contribution in [2.45, 2.75) is 52.7 Å². The van der Waals surface area contributed by atoms with Crippen LogP contribution < -0.4 is 0 Å². The molecule has 0 spiro atoms. The van der Waals surface area contributed by atoms with E-state index < -0.39 is 5.60 Å². The maximum Gasteiger partial charge on any atom is 0.410 e. The lowest BCUT2D eigenvalue weighted by Gasteiger charge is -2.35. The number of rotatable bonds is 4. The first kappa shape index (κ1) is 20.6. The molecule has 0 saturated carbocycles. The molecule has 1 aliphatic heterocycles. The highest BCUT2D eigenvalue weighted by Crippen LogP contribution is 2.22.